The Morgan fingerprint density at radius 2 is 1.73 bits per heavy atom. The van der Waals surface area contributed by atoms with Crippen LogP contribution in [0.25, 0.3) is 0 Å². The van der Waals surface area contributed by atoms with Crippen molar-refractivity contribution in [2.45, 2.75) is 63.8 Å². The van der Waals surface area contributed by atoms with Crippen LogP contribution in [0.2, 0.25) is 5.02 Å². The van der Waals surface area contributed by atoms with Crippen LogP contribution in [0.15, 0.2) is 48.0 Å². The first kappa shape index (κ1) is 29.0. The van der Waals surface area contributed by atoms with E-state index in [2.05, 4.69) is 0 Å². The Bertz CT molecular complexity index is 1640. The van der Waals surface area contributed by atoms with Gasteiger partial charge in [-0.05, 0) is 74.4 Å². The standard InChI is InChI=1S/C34H34ClFN2O6/c1-34-23(31(41)38(33(34)43)19-9-12-25(36)24(35)15-19)16-22-20(29(34)17-8-13-26(39)27(14-17)44-2)10-11-21-28(22)32(42)37(30(21)40)18-6-4-3-5-7-18/h8-10,12-15,18,21-23,28-29,39H,3-7,11,16H2,1-2H3/t21-,22+,23-,28-,29-,34+/m0/s1. The largest absolute Gasteiger partial charge is 0.504 e. The summed E-state index contributed by atoms with van der Waals surface area (Å²) in [6.07, 6.45) is 7.27. The summed E-state index contributed by atoms with van der Waals surface area (Å²) >= 11 is 6.07. The number of hydrogen-bond donors (Lipinski definition) is 1. The maximum Gasteiger partial charge on any atom is 0.241 e. The number of carbonyl (C=O) groups excluding carboxylic acids is 4. The summed E-state index contributed by atoms with van der Waals surface area (Å²) in [4.78, 5) is 59.3. The van der Waals surface area contributed by atoms with E-state index in [-0.39, 0.29) is 46.5 Å². The fraction of sp³-hybridized carbons (Fsp3) is 0.471. The minimum absolute atomic E-state index is 0.0703. The lowest BCUT2D eigenvalue weighted by Crippen LogP contribution is -2.49. The number of methoxy groups -OCH3 is 1. The van der Waals surface area contributed by atoms with Gasteiger partial charge in [-0.15, -0.1) is 0 Å². The van der Waals surface area contributed by atoms with Crippen LogP contribution < -0.4 is 9.64 Å². The molecule has 8 nitrogen and oxygen atoms in total. The minimum Gasteiger partial charge on any atom is -0.504 e. The van der Waals surface area contributed by atoms with Crippen molar-refractivity contribution >= 4 is 40.9 Å². The second-order valence-electron chi connectivity index (χ2n) is 13.0. The first-order chi connectivity index (χ1) is 21.1. The zero-order chi connectivity index (χ0) is 31.1. The van der Waals surface area contributed by atoms with E-state index < -0.39 is 52.6 Å². The van der Waals surface area contributed by atoms with Gasteiger partial charge in [0.15, 0.2) is 11.5 Å². The topological polar surface area (TPSA) is 104 Å². The number of phenols is 1. The lowest BCUT2D eigenvalue weighted by Gasteiger charge is -2.49. The molecule has 2 heterocycles. The fourth-order valence-corrected chi connectivity index (χ4v) is 9.04. The Balaban J connectivity index is 1.36. The number of rotatable bonds is 4. The van der Waals surface area contributed by atoms with E-state index in [0.717, 1.165) is 48.6 Å². The molecule has 0 spiro atoms. The van der Waals surface area contributed by atoms with Crippen molar-refractivity contribution in [3.63, 3.8) is 0 Å². The maximum atomic E-state index is 14.5. The number of hydrogen-bond acceptors (Lipinski definition) is 6. The third-order valence-electron chi connectivity index (χ3n) is 10.9. The molecule has 0 bridgehead atoms. The Hall–Kier alpha value is -3.72. The van der Waals surface area contributed by atoms with Crippen LogP contribution in [0, 0.1) is 34.9 Å². The van der Waals surface area contributed by atoms with Crippen LogP contribution in [0.3, 0.4) is 0 Å². The number of amides is 4. The summed E-state index contributed by atoms with van der Waals surface area (Å²) in [5, 5.41) is 10.2. The number of fused-ring (bicyclic) bond motifs is 4. The van der Waals surface area contributed by atoms with E-state index in [1.807, 2.05) is 6.08 Å². The molecular formula is C34H34ClFN2O6. The number of halogens is 2. The number of carbonyl (C=O) groups is 4. The molecule has 10 heteroatoms. The van der Waals surface area contributed by atoms with Crippen molar-refractivity contribution in [2.24, 2.45) is 29.1 Å². The van der Waals surface area contributed by atoms with Gasteiger partial charge in [-0.3, -0.25) is 24.1 Å². The highest BCUT2D eigenvalue weighted by Crippen LogP contribution is 2.64. The summed E-state index contributed by atoms with van der Waals surface area (Å²) in [6, 6.07) is 8.54. The first-order valence-corrected chi connectivity index (χ1v) is 15.7. The molecule has 4 fully saturated rings. The van der Waals surface area contributed by atoms with Gasteiger partial charge in [-0.1, -0.05) is 48.6 Å². The van der Waals surface area contributed by atoms with Crippen LogP contribution in [0.5, 0.6) is 11.5 Å². The predicted octanol–water partition coefficient (Wildman–Crippen LogP) is 5.76. The molecule has 6 atom stereocenters. The smallest absolute Gasteiger partial charge is 0.241 e. The number of benzene rings is 2. The SMILES string of the molecule is COc1cc([C@H]2C3=CC[C@@H]4C(=O)N(C5CCCCC5)C(=O)[C@@H]4[C@@H]3C[C@H]3C(=O)N(c4ccc(F)c(Cl)c4)C(=O)[C@@]23C)ccc1O. The van der Waals surface area contributed by atoms with Crippen molar-refractivity contribution in [1.82, 2.24) is 4.90 Å². The van der Waals surface area contributed by atoms with E-state index in [0.29, 0.717) is 12.0 Å². The van der Waals surface area contributed by atoms with Gasteiger partial charge in [-0.2, -0.15) is 0 Å². The molecule has 44 heavy (non-hydrogen) atoms. The molecule has 0 radical (unpaired) electrons. The third kappa shape index (κ3) is 4.00. The molecule has 5 aliphatic rings. The van der Waals surface area contributed by atoms with Crippen molar-refractivity contribution in [3.8, 4) is 11.5 Å². The van der Waals surface area contributed by atoms with Gasteiger partial charge >= 0.3 is 0 Å². The molecule has 230 valence electrons. The van der Waals surface area contributed by atoms with E-state index in [1.54, 1.807) is 19.1 Å². The second kappa shape index (κ2) is 10.4. The van der Waals surface area contributed by atoms with Crippen LogP contribution in [-0.4, -0.2) is 46.8 Å². The maximum absolute atomic E-state index is 14.5. The number of imide groups is 2. The highest BCUT2D eigenvalue weighted by Gasteiger charge is 2.67. The molecule has 0 unspecified atom stereocenters. The molecule has 1 N–H and O–H groups in total. The normalized spacial score (nSPS) is 32.0. The number of aromatic hydroxyl groups is 1. The van der Waals surface area contributed by atoms with E-state index >= 15 is 0 Å². The summed E-state index contributed by atoms with van der Waals surface area (Å²) < 4.78 is 19.5. The average molecular weight is 621 g/mol. The van der Waals surface area contributed by atoms with Crippen molar-refractivity contribution in [1.29, 1.82) is 0 Å². The van der Waals surface area contributed by atoms with E-state index in [4.69, 9.17) is 16.3 Å². The van der Waals surface area contributed by atoms with Gasteiger partial charge in [0.05, 0.1) is 41.0 Å². The highest BCUT2D eigenvalue weighted by molar-refractivity contribution is 6.31. The summed E-state index contributed by atoms with van der Waals surface area (Å²) in [6.45, 7) is 1.77. The van der Waals surface area contributed by atoms with Gasteiger partial charge in [-0.25, -0.2) is 9.29 Å². The molecular weight excluding hydrogens is 587 g/mol. The summed E-state index contributed by atoms with van der Waals surface area (Å²) in [7, 11) is 1.43. The molecule has 2 saturated carbocycles. The number of likely N-dealkylation sites (tertiary alicyclic amines) is 1. The second-order valence-corrected chi connectivity index (χ2v) is 13.4. The van der Waals surface area contributed by atoms with Crippen molar-refractivity contribution < 1.29 is 33.4 Å². The summed E-state index contributed by atoms with van der Waals surface area (Å²) in [5.74, 6) is -4.75. The van der Waals surface area contributed by atoms with E-state index in [9.17, 15) is 28.7 Å². The Morgan fingerprint density at radius 1 is 0.977 bits per heavy atom. The molecule has 4 amide bonds. The van der Waals surface area contributed by atoms with Gasteiger partial charge in [0.1, 0.15) is 5.82 Å². The fourth-order valence-electron chi connectivity index (χ4n) is 8.86. The average Bonchev–Trinajstić information content (AvgIpc) is 3.39. The van der Waals surface area contributed by atoms with Gasteiger partial charge < -0.3 is 9.84 Å². The number of anilines is 1. The van der Waals surface area contributed by atoms with Crippen LogP contribution >= 0.6 is 11.6 Å². The quantitative estimate of drug-likeness (QED) is 0.345. The Kier molecular flexibility index (Phi) is 6.88. The number of ether oxygens (including phenoxy) is 1. The zero-order valence-corrected chi connectivity index (χ0v) is 25.4. The number of allylic oxidation sites excluding steroid dienone is 2. The van der Waals surface area contributed by atoms with Crippen LogP contribution in [0.4, 0.5) is 10.1 Å². The molecule has 3 aliphatic carbocycles. The Morgan fingerprint density at radius 3 is 2.43 bits per heavy atom. The molecule has 0 aromatic heterocycles. The predicted molar refractivity (Wildman–Crippen MR) is 159 cm³/mol. The lowest BCUT2D eigenvalue weighted by molar-refractivity contribution is -0.144. The van der Waals surface area contributed by atoms with Gasteiger partial charge in [0.2, 0.25) is 23.6 Å². The molecule has 7 rings (SSSR count). The van der Waals surface area contributed by atoms with Crippen LogP contribution in [-0.2, 0) is 19.2 Å². The van der Waals surface area contributed by atoms with Crippen molar-refractivity contribution in [3.05, 3.63) is 64.5 Å². The van der Waals surface area contributed by atoms with Crippen LogP contribution in [0.1, 0.15) is 63.4 Å². The third-order valence-corrected chi connectivity index (χ3v) is 11.2. The molecule has 2 aromatic rings. The van der Waals surface area contributed by atoms with Gasteiger partial charge in [0.25, 0.3) is 0 Å². The highest BCUT2D eigenvalue weighted by atomic mass is 35.5. The monoisotopic (exact) mass is 620 g/mol. The first-order valence-electron chi connectivity index (χ1n) is 15.3. The minimum atomic E-state index is -1.27. The van der Waals surface area contributed by atoms with Gasteiger partial charge in [0, 0.05) is 12.0 Å². The van der Waals surface area contributed by atoms with Crippen molar-refractivity contribution in [2.75, 3.05) is 12.0 Å². The van der Waals surface area contributed by atoms with E-state index in [1.165, 1.54) is 30.2 Å². The zero-order valence-electron chi connectivity index (χ0n) is 24.6. The number of phenolic OH excluding ortho intramolecular Hbond substituents is 1. The lowest BCUT2D eigenvalue weighted by atomic mass is 9.51. The number of nitrogens with zero attached hydrogens (tertiary/aromatic N) is 2. The summed E-state index contributed by atoms with van der Waals surface area (Å²) in [5.41, 5.74) is 0.408. The Labute approximate surface area is 259 Å². The molecule has 2 saturated heterocycles. The molecule has 2 aromatic carbocycles. The molecule has 2 aliphatic heterocycles.